The molecule has 11 nitrogen and oxygen atoms in total. The van der Waals surface area contributed by atoms with Crippen molar-refractivity contribution in [3.05, 3.63) is 46.2 Å². The number of carbonyl (C=O) groups is 3. The zero-order chi connectivity index (χ0) is 28.7. The zero-order valence-corrected chi connectivity index (χ0v) is 23.5. The summed E-state index contributed by atoms with van der Waals surface area (Å²) in [6.07, 6.45) is 5.83. The molecule has 4 rings (SSSR count). The Labute approximate surface area is 238 Å². The first kappa shape index (κ1) is 29.3. The van der Waals surface area contributed by atoms with Gasteiger partial charge in [0.15, 0.2) is 22.5 Å². The van der Waals surface area contributed by atoms with E-state index in [4.69, 9.17) is 32.8 Å². The molecule has 2 aliphatic heterocycles. The molecule has 0 radical (unpaired) electrons. The number of benzene rings is 1. The smallest absolute Gasteiger partial charge is 0.306 e. The van der Waals surface area contributed by atoms with Crippen LogP contribution in [-0.2, 0) is 27.2 Å². The van der Waals surface area contributed by atoms with Gasteiger partial charge in [0.1, 0.15) is 5.84 Å². The number of nitrogens with two attached hydrogens (primary N) is 2. The summed E-state index contributed by atoms with van der Waals surface area (Å²) in [4.78, 5) is 51.7. The standard InChI is InChI=1S/C28H36ClN7O4/c1-2-17-40-22(38)10-8-19-5-3-18(4-6-19)7-9-21(37)36-15-13-28(14-16-36)12-11-20(35-28)32-27(39)23-25(30)34-26(31)24(29)33-23/h3-6H,2,7-17H2,1H3,(H4,30,31,34)(H,32,35,39). The van der Waals surface area contributed by atoms with Gasteiger partial charge < -0.3 is 26.4 Å². The minimum Gasteiger partial charge on any atom is -0.466 e. The number of carbonyl (C=O) groups excluding carboxylic acids is 3. The molecular weight excluding hydrogens is 534 g/mol. The highest BCUT2D eigenvalue weighted by Crippen LogP contribution is 2.36. The van der Waals surface area contributed by atoms with Crippen LogP contribution in [0.5, 0.6) is 0 Å². The number of hydrogen-bond donors (Lipinski definition) is 3. The Morgan fingerprint density at radius 2 is 1.65 bits per heavy atom. The monoisotopic (exact) mass is 569 g/mol. The zero-order valence-electron chi connectivity index (χ0n) is 22.7. The van der Waals surface area contributed by atoms with E-state index in [9.17, 15) is 14.4 Å². The molecule has 12 heteroatoms. The van der Waals surface area contributed by atoms with Crippen LogP contribution in [0.4, 0.5) is 11.6 Å². The molecule has 3 heterocycles. The summed E-state index contributed by atoms with van der Waals surface area (Å²) in [7, 11) is 0. The van der Waals surface area contributed by atoms with Gasteiger partial charge in [0, 0.05) is 32.4 Å². The van der Waals surface area contributed by atoms with Gasteiger partial charge in [-0.1, -0.05) is 42.8 Å². The molecule has 5 N–H and O–H groups in total. The number of aromatic nitrogens is 2. The molecule has 2 aliphatic rings. The number of nitrogens with zero attached hydrogens (tertiary/aromatic N) is 4. The second-order valence-corrected chi connectivity index (χ2v) is 10.6. The number of amides is 2. The molecule has 0 aliphatic carbocycles. The molecule has 1 saturated heterocycles. The van der Waals surface area contributed by atoms with Crippen molar-refractivity contribution < 1.29 is 19.1 Å². The fraction of sp³-hybridized carbons (Fsp3) is 0.500. The van der Waals surface area contributed by atoms with Crippen molar-refractivity contribution in [2.45, 2.75) is 70.3 Å². The van der Waals surface area contributed by atoms with Crippen LogP contribution < -0.4 is 16.8 Å². The highest BCUT2D eigenvalue weighted by Gasteiger charge is 2.39. The first-order valence-corrected chi connectivity index (χ1v) is 14.1. The third kappa shape index (κ3) is 7.47. The van der Waals surface area contributed by atoms with E-state index in [2.05, 4.69) is 15.3 Å². The summed E-state index contributed by atoms with van der Waals surface area (Å²) in [6, 6.07) is 8.06. The molecule has 2 amide bonds. The summed E-state index contributed by atoms with van der Waals surface area (Å²) in [5, 5.41) is 2.69. The van der Waals surface area contributed by atoms with Gasteiger partial charge >= 0.3 is 5.97 Å². The van der Waals surface area contributed by atoms with Crippen LogP contribution in [-0.4, -0.2) is 63.7 Å². The number of piperidine rings is 1. The maximum Gasteiger partial charge on any atom is 0.306 e. The Morgan fingerprint density at radius 3 is 2.30 bits per heavy atom. The molecule has 1 aromatic heterocycles. The minimum atomic E-state index is -0.530. The van der Waals surface area contributed by atoms with E-state index < -0.39 is 5.91 Å². The molecule has 0 atom stereocenters. The number of nitrogen functional groups attached to an aromatic ring is 2. The van der Waals surface area contributed by atoms with Crippen molar-refractivity contribution in [1.29, 1.82) is 0 Å². The van der Waals surface area contributed by atoms with Gasteiger partial charge in [0.25, 0.3) is 5.91 Å². The molecule has 0 saturated carbocycles. The van der Waals surface area contributed by atoms with Gasteiger partial charge in [-0.25, -0.2) is 9.97 Å². The van der Waals surface area contributed by atoms with Gasteiger partial charge in [0.05, 0.1) is 12.1 Å². The lowest BCUT2D eigenvalue weighted by molar-refractivity contribution is -0.143. The first-order valence-electron chi connectivity index (χ1n) is 13.7. The molecule has 40 heavy (non-hydrogen) atoms. The van der Waals surface area contributed by atoms with Crippen molar-refractivity contribution in [3.8, 4) is 0 Å². The predicted octanol–water partition coefficient (Wildman–Crippen LogP) is 3.10. The van der Waals surface area contributed by atoms with Crippen molar-refractivity contribution in [1.82, 2.24) is 20.2 Å². The quantitative estimate of drug-likeness (QED) is 0.387. The lowest BCUT2D eigenvalue weighted by atomic mass is 9.86. The summed E-state index contributed by atoms with van der Waals surface area (Å²) in [5.74, 6) is -0.141. The van der Waals surface area contributed by atoms with Gasteiger partial charge in [-0.2, -0.15) is 0 Å². The third-order valence-corrected chi connectivity index (χ3v) is 7.64. The Morgan fingerprint density at radius 1 is 1.00 bits per heavy atom. The van der Waals surface area contributed by atoms with Crippen LogP contribution in [0, 0.1) is 0 Å². The second-order valence-electron chi connectivity index (χ2n) is 10.3. The SMILES string of the molecule is CCCOC(=O)CCc1ccc(CCC(=O)N2CCC3(CCC(NC(=O)c4nc(Cl)c(N)nc4N)=N3)CC2)cc1. The number of likely N-dealkylation sites (tertiary alicyclic amines) is 1. The third-order valence-electron chi connectivity index (χ3n) is 7.36. The van der Waals surface area contributed by atoms with Crippen molar-refractivity contribution in [2.24, 2.45) is 4.99 Å². The van der Waals surface area contributed by atoms with Crippen LogP contribution in [0.25, 0.3) is 0 Å². The topological polar surface area (TPSA) is 166 Å². The summed E-state index contributed by atoms with van der Waals surface area (Å²) < 4.78 is 5.12. The number of rotatable bonds is 9. The Kier molecular flexibility index (Phi) is 9.57. The van der Waals surface area contributed by atoms with Crippen LogP contribution >= 0.6 is 11.6 Å². The first-order chi connectivity index (χ1) is 19.2. The van der Waals surface area contributed by atoms with Gasteiger partial charge in [-0.3, -0.25) is 19.4 Å². The number of esters is 1. The number of nitrogens with one attached hydrogen (secondary N) is 1. The highest BCUT2D eigenvalue weighted by atomic mass is 35.5. The molecule has 1 spiro atoms. The average Bonchev–Trinajstić information content (AvgIpc) is 3.33. The Bertz CT molecular complexity index is 1270. The minimum absolute atomic E-state index is 0.0368. The van der Waals surface area contributed by atoms with Gasteiger partial charge in [-0.05, 0) is 49.7 Å². The summed E-state index contributed by atoms with van der Waals surface area (Å²) in [5.41, 5.74) is 13.2. The highest BCUT2D eigenvalue weighted by molar-refractivity contribution is 6.31. The summed E-state index contributed by atoms with van der Waals surface area (Å²) in [6.45, 7) is 3.69. The Balaban J connectivity index is 1.22. The lowest BCUT2D eigenvalue weighted by Crippen LogP contribution is -2.45. The number of amidine groups is 1. The molecule has 2 aromatic rings. The van der Waals surface area contributed by atoms with Gasteiger partial charge in [-0.15, -0.1) is 0 Å². The molecular formula is C28H36ClN7O4. The number of hydrogen-bond acceptors (Lipinski definition) is 9. The number of ether oxygens (including phenoxy) is 1. The average molecular weight is 570 g/mol. The summed E-state index contributed by atoms with van der Waals surface area (Å²) >= 11 is 5.89. The normalized spacial score (nSPS) is 16.1. The van der Waals surface area contributed by atoms with E-state index in [1.807, 2.05) is 36.1 Å². The Hall–Kier alpha value is -3.73. The fourth-order valence-electron chi connectivity index (χ4n) is 4.99. The molecule has 1 aromatic carbocycles. The largest absolute Gasteiger partial charge is 0.466 e. The second kappa shape index (κ2) is 13.1. The number of aryl methyl sites for hydroxylation is 2. The number of halogens is 1. The van der Waals surface area contributed by atoms with E-state index in [1.165, 1.54) is 0 Å². The number of anilines is 2. The van der Waals surface area contributed by atoms with Crippen molar-refractivity contribution in [3.63, 3.8) is 0 Å². The van der Waals surface area contributed by atoms with Gasteiger partial charge in [0.2, 0.25) is 5.91 Å². The van der Waals surface area contributed by atoms with Crippen molar-refractivity contribution in [2.75, 3.05) is 31.2 Å². The van der Waals surface area contributed by atoms with E-state index in [0.29, 0.717) is 57.6 Å². The van der Waals surface area contributed by atoms with Crippen LogP contribution in [0.3, 0.4) is 0 Å². The van der Waals surface area contributed by atoms with E-state index >= 15 is 0 Å². The van der Waals surface area contributed by atoms with Crippen molar-refractivity contribution >= 4 is 46.9 Å². The van der Waals surface area contributed by atoms with E-state index in [1.54, 1.807) is 0 Å². The molecule has 0 bridgehead atoms. The molecule has 0 unspecified atom stereocenters. The number of aliphatic imine (C=N–C) groups is 1. The fourth-order valence-corrected chi connectivity index (χ4v) is 5.12. The van der Waals surface area contributed by atoms with E-state index in [0.717, 1.165) is 36.8 Å². The maximum atomic E-state index is 12.9. The molecule has 1 fully saturated rings. The maximum absolute atomic E-state index is 12.9. The predicted molar refractivity (Wildman–Crippen MR) is 153 cm³/mol. The lowest BCUT2D eigenvalue weighted by Gasteiger charge is -2.37. The van der Waals surface area contributed by atoms with Crippen LogP contribution in [0.1, 0.15) is 73.5 Å². The van der Waals surface area contributed by atoms with Crippen LogP contribution in [0.2, 0.25) is 5.15 Å². The molecule has 214 valence electrons. The van der Waals surface area contributed by atoms with Crippen LogP contribution in [0.15, 0.2) is 29.3 Å². The van der Waals surface area contributed by atoms with E-state index in [-0.39, 0.29) is 39.9 Å².